The van der Waals surface area contributed by atoms with Crippen LogP contribution in [0.4, 0.5) is 5.82 Å². The lowest BCUT2D eigenvalue weighted by Gasteiger charge is -2.27. The van der Waals surface area contributed by atoms with Gasteiger partial charge in [-0.3, -0.25) is 9.36 Å². The molecule has 0 aromatic carbocycles. The summed E-state index contributed by atoms with van der Waals surface area (Å²) in [5.41, 5.74) is 3.13. The van der Waals surface area contributed by atoms with Crippen LogP contribution in [0.1, 0.15) is 27.0 Å². The number of rotatable bonds is 5. The van der Waals surface area contributed by atoms with E-state index in [1.165, 1.54) is 19.2 Å². The van der Waals surface area contributed by atoms with E-state index in [1.807, 2.05) is 0 Å². The van der Waals surface area contributed by atoms with Crippen molar-refractivity contribution in [3.05, 3.63) is 22.7 Å². The first kappa shape index (κ1) is 25.7. The van der Waals surface area contributed by atoms with Crippen LogP contribution < -0.4 is 16.7 Å². The summed E-state index contributed by atoms with van der Waals surface area (Å²) in [5, 5.41) is 32.0. The minimum Gasteiger partial charge on any atom is -0.394 e. The number of nitrogens with two attached hydrogens (primary N) is 1. The molecule has 1 fully saturated rings. The van der Waals surface area contributed by atoms with Crippen molar-refractivity contribution in [3.8, 4) is 0 Å². The lowest BCUT2D eigenvalue weighted by Crippen LogP contribution is -2.46. The Morgan fingerprint density at radius 3 is 2.52 bits per heavy atom. The molecule has 10 nitrogen and oxygen atoms in total. The van der Waals surface area contributed by atoms with E-state index in [1.54, 1.807) is 13.8 Å². The van der Waals surface area contributed by atoms with Gasteiger partial charge in [-0.15, -0.1) is 24.8 Å². The highest BCUT2D eigenvalue weighted by molar-refractivity contribution is 5.93. The second kappa shape index (κ2) is 9.78. The van der Waals surface area contributed by atoms with Crippen LogP contribution >= 0.6 is 24.8 Å². The molecule has 1 aliphatic heterocycles. The number of nitrogens with one attached hydrogen (secondary N) is 1. The first-order valence-corrected chi connectivity index (χ1v) is 7.92. The molecular formula is C15H26Cl2N4O6. The average molecular weight is 429 g/mol. The molecule has 27 heavy (non-hydrogen) atoms. The topological polar surface area (TPSA) is 160 Å². The number of carbonyl (C=O) groups is 1. The molecule has 0 aliphatic carbocycles. The van der Waals surface area contributed by atoms with Gasteiger partial charge in [-0.1, -0.05) is 13.8 Å². The molecule has 2 rings (SSSR count). The predicted molar refractivity (Wildman–Crippen MR) is 102 cm³/mol. The van der Waals surface area contributed by atoms with Crippen LogP contribution in [0.5, 0.6) is 0 Å². The molecule has 12 heteroatoms. The van der Waals surface area contributed by atoms with Gasteiger partial charge in [0, 0.05) is 6.20 Å². The monoisotopic (exact) mass is 428 g/mol. The number of aromatic nitrogens is 2. The number of carbonyl (C=O) groups excluding carboxylic acids is 1. The van der Waals surface area contributed by atoms with Gasteiger partial charge in [0.15, 0.2) is 6.23 Å². The normalized spacial score (nSPS) is 28.2. The third-order valence-electron chi connectivity index (χ3n) is 4.29. The minimum absolute atomic E-state index is 0. The first-order valence-electron chi connectivity index (χ1n) is 7.92. The Morgan fingerprint density at radius 1 is 1.48 bits per heavy atom. The molecule has 0 bridgehead atoms. The summed E-state index contributed by atoms with van der Waals surface area (Å²) < 4.78 is 6.34. The third-order valence-corrected chi connectivity index (χ3v) is 4.29. The van der Waals surface area contributed by atoms with Crippen molar-refractivity contribution in [3.63, 3.8) is 0 Å². The summed E-state index contributed by atoms with van der Waals surface area (Å²) in [4.78, 5) is 27.9. The minimum atomic E-state index is -1.80. The van der Waals surface area contributed by atoms with E-state index in [0.29, 0.717) is 0 Å². The maximum atomic E-state index is 12.2. The van der Waals surface area contributed by atoms with Crippen LogP contribution in [0, 0.1) is 5.92 Å². The Hall–Kier alpha value is -1.27. The Balaban J connectivity index is 0.00000338. The molecule has 0 unspecified atom stereocenters. The molecule has 2 heterocycles. The van der Waals surface area contributed by atoms with Crippen molar-refractivity contribution in [2.75, 3.05) is 11.9 Å². The first-order chi connectivity index (χ1) is 11.6. The molecule has 1 saturated heterocycles. The molecule has 1 aromatic heterocycles. The van der Waals surface area contributed by atoms with Crippen LogP contribution in [0.15, 0.2) is 17.1 Å². The Kier molecular flexibility index (Phi) is 9.32. The Bertz CT molecular complexity index is 699. The Morgan fingerprint density at radius 2 is 2.07 bits per heavy atom. The SMILES string of the molecule is CC(C)[C@H](N)C(=O)Nc1ccn([C@@H]2O[C@H](CO)[C@@H](O)[C@@]2(C)O)c(=O)n1.Cl.Cl. The van der Waals surface area contributed by atoms with Crippen molar-refractivity contribution < 1.29 is 24.9 Å². The fourth-order valence-corrected chi connectivity index (χ4v) is 2.56. The number of nitrogens with zero attached hydrogens (tertiary/aromatic N) is 2. The van der Waals surface area contributed by atoms with E-state index >= 15 is 0 Å². The van der Waals surface area contributed by atoms with Gasteiger partial charge in [0.25, 0.3) is 0 Å². The van der Waals surface area contributed by atoms with Gasteiger partial charge in [0.05, 0.1) is 12.6 Å². The number of amides is 1. The zero-order valence-electron chi connectivity index (χ0n) is 15.1. The van der Waals surface area contributed by atoms with Gasteiger partial charge in [-0.05, 0) is 18.9 Å². The summed E-state index contributed by atoms with van der Waals surface area (Å²) in [6.45, 7) is 4.36. The van der Waals surface area contributed by atoms with E-state index in [0.717, 1.165) is 4.57 Å². The summed E-state index contributed by atoms with van der Waals surface area (Å²) in [6.07, 6.45) is -2.37. The fourth-order valence-electron chi connectivity index (χ4n) is 2.56. The van der Waals surface area contributed by atoms with E-state index in [-0.39, 0.29) is 36.5 Å². The summed E-state index contributed by atoms with van der Waals surface area (Å²) in [6, 6.07) is 0.605. The van der Waals surface area contributed by atoms with E-state index in [9.17, 15) is 24.9 Å². The summed E-state index contributed by atoms with van der Waals surface area (Å²) in [5.74, 6) is -0.543. The smallest absolute Gasteiger partial charge is 0.351 e. The molecular weight excluding hydrogens is 403 g/mol. The molecule has 1 aromatic rings. The highest BCUT2D eigenvalue weighted by Gasteiger charge is 2.53. The van der Waals surface area contributed by atoms with Crippen LogP contribution in [0.2, 0.25) is 0 Å². The van der Waals surface area contributed by atoms with Crippen molar-refractivity contribution >= 4 is 36.5 Å². The van der Waals surface area contributed by atoms with Gasteiger partial charge in [0.2, 0.25) is 5.91 Å². The molecule has 1 amide bonds. The van der Waals surface area contributed by atoms with Crippen LogP contribution in [-0.4, -0.2) is 61.2 Å². The van der Waals surface area contributed by atoms with Gasteiger partial charge >= 0.3 is 5.69 Å². The van der Waals surface area contributed by atoms with E-state index < -0.39 is 48.3 Å². The van der Waals surface area contributed by atoms with Gasteiger partial charge in [-0.25, -0.2) is 4.79 Å². The maximum absolute atomic E-state index is 12.2. The predicted octanol–water partition coefficient (Wildman–Crippen LogP) is -0.990. The number of anilines is 1. The second-order valence-corrected chi connectivity index (χ2v) is 6.64. The molecule has 1 aliphatic rings. The fraction of sp³-hybridized carbons (Fsp3) is 0.667. The van der Waals surface area contributed by atoms with Crippen LogP contribution in [0.3, 0.4) is 0 Å². The average Bonchev–Trinajstić information content (AvgIpc) is 2.77. The quantitative estimate of drug-likeness (QED) is 0.399. The molecule has 0 radical (unpaired) electrons. The van der Waals surface area contributed by atoms with Gasteiger partial charge in [0.1, 0.15) is 23.6 Å². The number of hydrogen-bond acceptors (Lipinski definition) is 8. The number of hydrogen-bond donors (Lipinski definition) is 5. The zero-order valence-corrected chi connectivity index (χ0v) is 16.7. The molecule has 0 saturated carbocycles. The maximum Gasteiger partial charge on any atom is 0.351 e. The van der Waals surface area contributed by atoms with Crippen LogP contribution in [-0.2, 0) is 9.53 Å². The highest BCUT2D eigenvalue weighted by atomic mass is 35.5. The third kappa shape index (κ3) is 5.17. The van der Waals surface area contributed by atoms with Crippen molar-refractivity contribution in [1.29, 1.82) is 0 Å². The molecule has 6 N–H and O–H groups in total. The number of aliphatic hydroxyl groups is 3. The van der Waals surface area contributed by atoms with Gasteiger partial charge in [-0.2, -0.15) is 4.98 Å². The summed E-state index contributed by atoms with van der Waals surface area (Å²) in [7, 11) is 0. The zero-order chi connectivity index (χ0) is 18.9. The number of aliphatic hydroxyl groups excluding tert-OH is 2. The van der Waals surface area contributed by atoms with Crippen molar-refractivity contribution in [1.82, 2.24) is 9.55 Å². The van der Waals surface area contributed by atoms with Crippen molar-refractivity contribution in [2.45, 2.75) is 50.8 Å². The standard InChI is InChI=1S/C15H24N4O6.2ClH/c1-7(2)10(16)12(22)17-9-4-5-19(14(23)18-9)13-15(3,24)11(21)8(6-20)25-13;;/h4-5,7-8,10-11,13,20-21,24H,6,16H2,1-3H3,(H,17,18,22,23);2*1H/t8-,10+,11-,13-,15-;;/m1../s1. The number of halogens is 2. The largest absolute Gasteiger partial charge is 0.394 e. The lowest BCUT2D eigenvalue weighted by molar-refractivity contribution is -0.118. The van der Waals surface area contributed by atoms with Crippen LogP contribution in [0.25, 0.3) is 0 Å². The van der Waals surface area contributed by atoms with Gasteiger partial charge < -0.3 is 31.1 Å². The summed E-state index contributed by atoms with van der Waals surface area (Å²) >= 11 is 0. The molecule has 0 spiro atoms. The Labute approximate surface area is 168 Å². The molecule has 156 valence electrons. The molecule has 5 atom stereocenters. The lowest BCUT2D eigenvalue weighted by atomic mass is 9.96. The van der Waals surface area contributed by atoms with E-state index in [2.05, 4.69) is 10.3 Å². The number of ether oxygens (including phenoxy) is 1. The van der Waals surface area contributed by atoms with E-state index in [4.69, 9.17) is 10.5 Å². The highest BCUT2D eigenvalue weighted by Crippen LogP contribution is 2.37. The second-order valence-electron chi connectivity index (χ2n) is 6.64. The van der Waals surface area contributed by atoms with Crippen molar-refractivity contribution in [2.24, 2.45) is 11.7 Å².